The van der Waals surface area contributed by atoms with Crippen molar-refractivity contribution in [3.63, 3.8) is 0 Å². The maximum Gasteiger partial charge on any atom is 0.297 e. The van der Waals surface area contributed by atoms with Gasteiger partial charge < -0.3 is 4.74 Å². The summed E-state index contributed by atoms with van der Waals surface area (Å²) in [6.45, 7) is 1.97. The van der Waals surface area contributed by atoms with Crippen molar-refractivity contribution in [3.8, 4) is 5.75 Å². The zero-order valence-electron chi connectivity index (χ0n) is 16.9. The number of benzene rings is 2. The molecule has 4 rings (SSSR count). The second-order valence-electron chi connectivity index (χ2n) is 7.65. The predicted octanol–water partition coefficient (Wildman–Crippen LogP) is 4.44. The molecule has 1 unspecified atom stereocenters. The van der Waals surface area contributed by atoms with Gasteiger partial charge in [0, 0.05) is 30.0 Å². The van der Waals surface area contributed by atoms with E-state index in [9.17, 15) is 19.7 Å². The number of rotatable bonds is 4. The fraction of sp³-hybridized carbons (Fsp3) is 0.304. The molecule has 2 aromatic rings. The van der Waals surface area contributed by atoms with Crippen molar-refractivity contribution >= 4 is 23.1 Å². The Labute approximate surface area is 174 Å². The second-order valence-corrected chi connectivity index (χ2v) is 7.65. The van der Waals surface area contributed by atoms with Crippen LogP contribution in [0.3, 0.4) is 0 Å². The third kappa shape index (κ3) is 3.36. The summed E-state index contributed by atoms with van der Waals surface area (Å²) in [6.07, 6.45) is 1.66. The Bertz CT molecular complexity index is 1090. The number of amides is 1. The van der Waals surface area contributed by atoms with Crippen LogP contribution < -0.4 is 9.64 Å². The second kappa shape index (κ2) is 7.74. The summed E-state index contributed by atoms with van der Waals surface area (Å²) < 4.78 is 5.11. The normalized spacial score (nSPS) is 19.0. The molecular weight excluding hydrogens is 384 g/mol. The summed E-state index contributed by atoms with van der Waals surface area (Å²) in [6, 6.07) is 12.2. The lowest BCUT2D eigenvalue weighted by Crippen LogP contribution is -2.40. The van der Waals surface area contributed by atoms with Crippen LogP contribution in [0, 0.1) is 17.0 Å². The number of methoxy groups -OCH3 is 1. The van der Waals surface area contributed by atoms with E-state index in [-0.39, 0.29) is 35.4 Å². The third-order valence-corrected chi connectivity index (χ3v) is 5.74. The van der Waals surface area contributed by atoms with Gasteiger partial charge in [0.2, 0.25) is 5.91 Å². The fourth-order valence-corrected chi connectivity index (χ4v) is 4.41. The largest absolute Gasteiger partial charge is 0.496 e. The van der Waals surface area contributed by atoms with Gasteiger partial charge in [0.05, 0.1) is 18.1 Å². The van der Waals surface area contributed by atoms with Crippen molar-refractivity contribution in [1.29, 1.82) is 0 Å². The van der Waals surface area contributed by atoms with Crippen LogP contribution >= 0.6 is 0 Å². The molecule has 0 spiro atoms. The average molecular weight is 406 g/mol. The summed E-state index contributed by atoms with van der Waals surface area (Å²) in [5, 5.41) is 11.7. The Morgan fingerprint density at radius 3 is 2.63 bits per heavy atom. The summed E-state index contributed by atoms with van der Waals surface area (Å²) in [5.74, 6) is -0.227. The van der Waals surface area contributed by atoms with E-state index in [0.717, 1.165) is 11.1 Å². The fourth-order valence-electron chi connectivity index (χ4n) is 4.41. The number of nitro benzene ring substituents is 1. The molecule has 0 fully saturated rings. The van der Waals surface area contributed by atoms with Gasteiger partial charge in [0.25, 0.3) is 5.69 Å². The van der Waals surface area contributed by atoms with E-state index in [1.807, 2.05) is 31.2 Å². The van der Waals surface area contributed by atoms with E-state index in [0.29, 0.717) is 36.3 Å². The van der Waals surface area contributed by atoms with Crippen LogP contribution in [0.1, 0.15) is 42.7 Å². The molecule has 1 aliphatic carbocycles. The monoisotopic (exact) mass is 406 g/mol. The van der Waals surface area contributed by atoms with E-state index in [1.165, 1.54) is 24.1 Å². The number of nitro groups is 1. The number of anilines is 1. The van der Waals surface area contributed by atoms with E-state index >= 15 is 0 Å². The molecule has 1 heterocycles. The van der Waals surface area contributed by atoms with Gasteiger partial charge in [-0.1, -0.05) is 29.8 Å². The first-order chi connectivity index (χ1) is 14.4. The van der Waals surface area contributed by atoms with Gasteiger partial charge in [-0.3, -0.25) is 24.6 Å². The number of aryl methyl sites for hydroxylation is 1. The summed E-state index contributed by atoms with van der Waals surface area (Å²) in [4.78, 5) is 38.8. The number of hydrogen-bond donors (Lipinski definition) is 0. The number of allylic oxidation sites excluding steroid dienone is 2. The minimum absolute atomic E-state index is 0.0106. The SMILES string of the molecule is COc1ccc(N2C(=O)CC(c3cccc(C)c3)C3=C2CCCC3=O)c([N+](=O)[O-])c1. The van der Waals surface area contributed by atoms with Crippen molar-refractivity contribution in [2.24, 2.45) is 0 Å². The molecule has 1 amide bonds. The molecule has 1 atom stereocenters. The van der Waals surface area contributed by atoms with Crippen LogP contribution in [0.25, 0.3) is 0 Å². The third-order valence-electron chi connectivity index (χ3n) is 5.74. The quantitative estimate of drug-likeness (QED) is 0.553. The van der Waals surface area contributed by atoms with Crippen LogP contribution in [0.4, 0.5) is 11.4 Å². The van der Waals surface area contributed by atoms with E-state index < -0.39 is 4.92 Å². The lowest BCUT2D eigenvalue weighted by Gasteiger charge is -2.38. The topological polar surface area (TPSA) is 89.8 Å². The van der Waals surface area contributed by atoms with Crippen molar-refractivity contribution in [2.45, 2.75) is 38.5 Å². The Balaban J connectivity index is 1.90. The molecule has 7 nitrogen and oxygen atoms in total. The number of Topliss-reactive ketones (excluding diaryl/α,β-unsaturated/α-hetero) is 1. The number of carbonyl (C=O) groups is 2. The zero-order valence-corrected chi connectivity index (χ0v) is 16.9. The molecule has 0 saturated carbocycles. The average Bonchev–Trinajstić information content (AvgIpc) is 2.73. The van der Waals surface area contributed by atoms with E-state index in [4.69, 9.17) is 4.74 Å². The smallest absolute Gasteiger partial charge is 0.297 e. The summed E-state index contributed by atoms with van der Waals surface area (Å²) in [5.41, 5.74) is 3.13. The molecule has 0 aromatic heterocycles. The Kier molecular flexibility index (Phi) is 5.11. The molecule has 0 N–H and O–H groups in total. The number of hydrogen-bond acceptors (Lipinski definition) is 5. The molecule has 0 saturated heterocycles. The Morgan fingerprint density at radius 2 is 1.93 bits per heavy atom. The van der Waals surface area contributed by atoms with Crippen molar-refractivity contribution in [3.05, 3.63) is 75.0 Å². The van der Waals surface area contributed by atoms with Crippen LogP contribution in [-0.4, -0.2) is 23.7 Å². The number of ketones is 1. The lowest BCUT2D eigenvalue weighted by molar-refractivity contribution is -0.384. The van der Waals surface area contributed by atoms with Gasteiger partial charge in [-0.05, 0) is 37.5 Å². The number of ether oxygens (including phenoxy) is 1. The van der Waals surface area contributed by atoms with Crippen LogP contribution in [0.5, 0.6) is 5.75 Å². The highest BCUT2D eigenvalue weighted by atomic mass is 16.6. The molecule has 154 valence electrons. The first kappa shape index (κ1) is 19.8. The van der Waals surface area contributed by atoms with E-state index in [1.54, 1.807) is 6.07 Å². The lowest BCUT2D eigenvalue weighted by atomic mass is 9.77. The number of carbonyl (C=O) groups excluding carboxylic acids is 2. The minimum Gasteiger partial charge on any atom is -0.496 e. The number of nitrogens with zero attached hydrogens (tertiary/aromatic N) is 2. The van der Waals surface area contributed by atoms with Crippen LogP contribution in [0.15, 0.2) is 53.7 Å². The highest BCUT2D eigenvalue weighted by Gasteiger charge is 2.41. The molecule has 30 heavy (non-hydrogen) atoms. The van der Waals surface area contributed by atoms with Crippen molar-refractivity contribution in [1.82, 2.24) is 0 Å². The highest BCUT2D eigenvalue weighted by Crippen LogP contribution is 2.45. The van der Waals surface area contributed by atoms with Crippen LogP contribution in [-0.2, 0) is 9.59 Å². The summed E-state index contributed by atoms with van der Waals surface area (Å²) in [7, 11) is 1.43. The van der Waals surface area contributed by atoms with Gasteiger partial charge in [-0.15, -0.1) is 0 Å². The summed E-state index contributed by atoms with van der Waals surface area (Å²) >= 11 is 0. The molecule has 1 aliphatic heterocycles. The minimum atomic E-state index is -0.525. The molecule has 0 radical (unpaired) electrons. The van der Waals surface area contributed by atoms with Gasteiger partial charge >= 0.3 is 0 Å². The Hall–Kier alpha value is -3.48. The van der Waals surface area contributed by atoms with Crippen molar-refractivity contribution in [2.75, 3.05) is 12.0 Å². The van der Waals surface area contributed by atoms with Crippen molar-refractivity contribution < 1.29 is 19.2 Å². The molecule has 0 bridgehead atoms. The first-order valence-corrected chi connectivity index (χ1v) is 9.89. The van der Waals surface area contributed by atoms with E-state index in [2.05, 4.69) is 0 Å². The first-order valence-electron chi connectivity index (χ1n) is 9.89. The van der Waals surface area contributed by atoms with Gasteiger partial charge in [-0.25, -0.2) is 0 Å². The maximum absolute atomic E-state index is 13.3. The zero-order chi connectivity index (χ0) is 21.4. The highest BCUT2D eigenvalue weighted by molar-refractivity contribution is 6.08. The van der Waals surface area contributed by atoms with Gasteiger partial charge in [0.15, 0.2) is 5.78 Å². The molecular formula is C23H22N2O5. The molecule has 7 heteroatoms. The van der Waals surface area contributed by atoms with Crippen LogP contribution in [0.2, 0.25) is 0 Å². The standard InChI is InChI=1S/C23H22N2O5/c1-14-5-3-6-15(11-14)17-13-22(27)24(19-7-4-8-21(26)23(17)19)18-10-9-16(30-2)12-20(18)25(28)29/h3,5-6,9-12,17H,4,7-8,13H2,1-2H3. The predicted molar refractivity (Wildman–Crippen MR) is 112 cm³/mol. The molecule has 2 aromatic carbocycles. The van der Waals surface area contributed by atoms with Gasteiger partial charge in [0.1, 0.15) is 11.4 Å². The van der Waals surface area contributed by atoms with Gasteiger partial charge in [-0.2, -0.15) is 0 Å². The Morgan fingerprint density at radius 1 is 1.13 bits per heavy atom. The molecule has 2 aliphatic rings. The maximum atomic E-state index is 13.3.